The number of hydrogen-bond donors (Lipinski definition) is 2. The molecule has 1 aromatic heterocycles. The molecule has 1 aromatic rings. The Morgan fingerprint density at radius 2 is 2.15 bits per heavy atom. The van der Waals surface area contributed by atoms with Crippen LogP contribution in [0.5, 0.6) is 0 Å². The number of nitro groups is 1. The number of nitrogens with zero attached hydrogens (tertiary/aromatic N) is 1. The van der Waals surface area contributed by atoms with Crippen LogP contribution < -0.4 is 10.0 Å². The van der Waals surface area contributed by atoms with Gasteiger partial charge in [0.25, 0.3) is 0 Å². The summed E-state index contributed by atoms with van der Waals surface area (Å²) in [5.74, 6) is 0. The molecule has 10 heteroatoms. The number of sulfonamides is 1. The topological polar surface area (TPSA) is 111 Å². The minimum absolute atomic E-state index is 0.0122. The maximum Gasteiger partial charge on any atom is 0.304 e. The summed E-state index contributed by atoms with van der Waals surface area (Å²) >= 11 is 0.815. The normalized spacial score (nSPS) is 11.8. The lowest BCUT2D eigenvalue weighted by Crippen LogP contribution is -2.27. The molecule has 0 bridgehead atoms. The van der Waals surface area contributed by atoms with Crippen LogP contribution in [0.2, 0.25) is 0 Å². The van der Waals surface area contributed by atoms with Gasteiger partial charge in [-0.1, -0.05) is 11.3 Å². The Balaban J connectivity index is 2.80. The number of anilines is 1. The van der Waals surface area contributed by atoms with Crippen molar-refractivity contribution in [3.8, 4) is 0 Å². The zero-order chi connectivity index (χ0) is 15.3. The van der Waals surface area contributed by atoms with E-state index >= 15 is 0 Å². The monoisotopic (exact) mass is 323 g/mol. The summed E-state index contributed by atoms with van der Waals surface area (Å²) in [7, 11) is -2.26. The van der Waals surface area contributed by atoms with Crippen LogP contribution in [0.1, 0.15) is 13.8 Å². The third-order valence-electron chi connectivity index (χ3n) is 2.22. The lowest BCUT2D eigenvalue weighted by Gasteiger charge is -2.08. The van der Waals surface area contributed by atoms with Crippen molar-refractivity contribution in [2.75, 3.05) is 25.5 Å². The van der Waals surface area contributed by atoms with Crippen molar-refractivity contribution in [3.05, 3.63) is 16.2 Å². The standard InChI is InChI=1S/C10H17N3O5S2/c1-7(2)18-5-4-12-20(16,17)9-6-8(13(14)15)10(11-3)19-9/h6-7,11-12H,4-5H2,1-3H3. The van der Waals surface area contributed by atoms with Gasteiger partial charge >= 0.3 is 5.69 Å². The summed E-state index contributed by atoms with van der Waals surface area (Å²) < 4.78 is 31.4. The van der Waals surface area contributed by atoms with E-state index in [-0.39, 0.29) is 34.2 Å². The van der Waals surface area contributed by atoms with E-state index in [0.29, 0.717) is 0 Å². The van der Waals surface area contributed by atoms with Crippen LogP contribution >= 0.6 is 11.3 Å². The van der Waals surface area contributed by atoms with Gasteiger partial charge in [0.05, 0.1) is 17.6 Å². The number of rotatable bonds is 8. The SMILES string of the molecule is CNc1sc(S(=O)(=O)NCCOC(C)C)cc1[N+](=O)[O-]. The van der Waals surface area contributed by atoms with E-state index in [9.17, 15) is 18.5 Å². The second-order valence-electron chi connectivity index (χ2n) is 4.10. The zero-order valence-corrected chi connectivity index (χ0v) is 13.0. The van der Waals surface area contributed by atoms with Crippen molar-refractivity contribution in [2.45, 2.75) is 24.2 Å². The molecular formula is C10H17N3O5S2. The fourth-order valence-electron chi connectivity index (χ4n) is 1.35. The molecule has 114 valence electrons. The number of nitrogens with one attached hydrogen (secondary N) is 2. The van der Waals surface area contributed by atoms with Gasteiger partial charge in [0, 0.05) is 19.7 Å². The van der Waals surface area contributed by atoms with Crippen LogP contribution in [0.15, 0.2) is 10.3 Å². The van der Waals surface area contributed by atoms with Crippen LogP contribution in [0.3, 0.4) is 0 Å². The quantitative estimate of drug-likeness (QED) is 0.425. The third kappa shape index (κ3) is 4.40. The highest BCUT2D eigenvalue weighted by molar-refractivity contribution is 7.91. The van der Waals surface area contributed by atoms with Gasteiger partial charge in [0.15, 0.2) is 5.00 Å². The highest BCUT2D eigenvalue weighted by Crippen LogP contribution is 2.36. The van der Waals surface area contributed by atoms with Gasteiger partial charge in [-0.15, -0.1) is 0 Å². The van der Waals surface area contributed by atoms with Crippen molar-refractivity contribution in [2.24, 2.45) is 0 Å². The van der Waals surface area contributed by atoms with E-state index < -0.39 is 14.9 Å². The molecule has 0 fully saturated rings. The van der Waals surface area contributed by atoms with Crippen LogP contribution in [0.25, 0.3) is 0 Å². The Bertz CT molecular complexity index is 567. The van der Waals surface area contributed by atoms with E-state index in [0.717, 1.165) is 17.4 Å². The van der Waals surface area contributed by atoms with Crippen LogP contribution in [-0.2, 0) is 14.8 Å². The molecule has 0 saturated heterocycles. The number of ether oxygens (including phenoxy) is 1. The minimum atomic E-state index is -3.76. The zero-order valence-electron chi connectivity index (χ0n) is 11.4. The fourth-order valence-corrected chi connectivity index (χ4v) is 3.69. The van der Waals surface area contributed by atoms with E-state index in [1.165, 1.54) is 7.05 Å². The van der Waals surface area contributed by atoms with Crippen molar-refractivity contribution < 1.29 is 18.1 Å². The predicted octanol–water partition coefficient (Wildman–Crippen LogP) is 1.40. The minimum Gasteiger partial charge on any atom is -0.377 e. The summed E-state index contributed by atoms with van der Waals surface area (Å²) in [6, 6.07) is 1.04. The van der Waals surface area contributed by atoms with Crippen molar-refractivity contribution >= 4 is 32.0 Å². The first-order valence-electron chi connectivity index (χ1n) is 5.85. The smallest absolute Gasteiger partial charge is 0.304 e. The Hall–Kier alpha value is -1.23. The Labute approximate surface area is 121 Å². The molecule has 8 nitrogen and oxygen atoms in total. The van der Waals surface area contributed by atoms with E-state index in [1.807, 2.05) is 13.8 Å². The predicted molar refractivity (Wildman–Crippen MR) is 76.8 cm³/mol. The van der Waals surface area contributed by atoms with Crippen LogP contribution in [0.4, 0.5) is 10.7 Å². The number of hydrogen-bond acceptors (Lipinski definition) is 7. The second-order valence-corrected chi connectivity index (χ2v) is 7.15. The average molecular weight is 323 g/mol. The molecule has 0 aromatic carbocycles. The van der Waals surface area contributed by atoms with Gasteiger partial charge in [-0.3, -0.25) is 10.1 Å². The lowest BCUT2D eigenvalue weighted by atomic mass is 10.5. The maximum atomic E-state index is 12.0. The molecule has 0 amide bonds. The molecule has 2 N–H and O–H groups in total. The summed E-state index contributed by atoms with van der Waals surface area (Å²) in [5.41, 5.74) is -0.253. The first-order valence-corrected chi connectivity index (χ1v) is 8.15. The molecule has 20 heavy (non-hydrogen) atoms. The van der Waals surface area contributed by atoms with E-state index in [1.54, 1.807) is 0 Å². The van der Waals surface area contributed by atoms with Crippen molar-refractivity contribution in [3.63, 3.8) is 0 Å². The Kier molecular flexibility index (Phi) is 5.87. The molecule has 0 saturated carbocycles. The van der Waals surface area contributed by atoms with Gasteiger partial charge in [0.1, 0.15) is 4.21 Å². The van der Waals surface area contributed by atoms with Gasteiger partial charge in [-0.05, 0) is 13.8 Å². The lowest BCUT2D eigenvalue weighted by molar-refractivity contribution is -0.383. The van der Waals surface area contributed by atoms with E-state index in [4.69, 9.17) is 4.74 Å². The maximum absolute atomic E-state index is 12.0. The molecule has 0 spiro atoms. The molecule has 0 atom stereocenters. The van der Waals surface area contributed by atoms with E-state index in [2.05, 4.69) is 10.0 Å². The number of thiophene rings is 1. The first-order chi connectivity index (χ1) is 9.27. The molecule has 1 rings (SSSR count). The van der Waals surface area contributed by atoms with Crippen molar-refractivity contribution in [1.82, 2.24) is 4.72 Å². The molecule has 0 aliphatic heterocycles. The fraction of sp³-hybridized carbons (Fsp3) is 0.600. The molecular weight excluding hydrogens is 306 g/mol. The largest absolute Gasteiger partial charge is 0.377 e. The van der Waals surface area contributed by atoms with Gasteiger partial charge < -0.3 is 10.1 Å². The molecule has 0 unspecified atom stereocenters. The highest BCUT2D eigenvalue weighted by Gasteiger charge is 2.25. The summed E-state index contributed by atoms with van der Waals surface area (Å²) in [5, 5.41) is 13.6. The average Bonchev–Trinajstić information content (AvgIpc) is 2.79. The first kappa shape index (κ1) is 16.8. The summed E-state index contributed by atoms with van der Waals surface area (Å²) in [6.45, 7) is 4.04. The molecule has 0 radical (unpaired) electrons. The molecule has 1 heterocycles. The van der Waals surface area contributed by atoms with Gasteiger partial charge in [0.2, 0.25) is 10.0 Å². The van der Waals surface area contributed by atoms with Gasteiger partial charge in [-0.2, -0.15) is 0 Å². The second kappa shape index (κ2) is 6.97. The highest BCUT2D eigenvalue weighted by atomic mass is 32.2. The molecule has 0 aliphatic rings. The summed E-state index contributed by atoms with van der Waals surface area (Å²) in [6.07, 6.45) is 0.0122. The Morgan fingerprint density at radius 3 is 2.60 bits per heavy atom. The van der Waals surface area contributed by atoms with Gasteiger partial charge in [-0.25, -0.2) is 13.1 Å². The van der Waals surface area contributed by atoms with Crippen LogP contribution in [-0.4, -0.2) is 39.6 Å². The third-order valence-corrected chi connectivity index (χ3v) is 5.30. The van der Waals surface area contributed by atoms with Crippen LogP contribution in [0, 0.1) is 10.1 Å². The Morgan fingerprint density at radius 1 is 1.50 bits per heavy atom. The molecule has 0 aliphatic carbocycles. The van der Waals surface area contributed by atoms with Crippen molar-refractivity contribution in [1.29, 1.82) is 0 Å². The summed E-state index contributed by atoms with van der Waals surface area (Å²) in [4.78, 5) is 10.2.